The SMILES string of the molecule is CC(=O)c1ccc2c(-c3ccc(O)c(C)c3)ccnc2n1. The molecule has 4 heteroatoms. The Morgan fingerprint density at radius 1 is 1.14 bits per heavy atom. The van der Waals surface area contributed by atoms with Crippen molar-refractivity contribution in [3.63, 3.8) is 0 Å². The summed E-state index contributed by atoms with van der Waals surface area (Å²) in [7, 11) is 0. The molecular weight excluding hydrogens is 264 g/mol. The highest BCUT2D eigenvalue weighted by Gasteiger charge is 2.09. The standard InChI is InChI=1S/C17H14N2O2/c1-10-9-12(3-6-16(10)21)13-7-8-18-17-14(13)4-5-15(19-17)11(2)20/h3-9,21H,1-2H3. The van der Waals surface area contributed by atoms with Crippen LogP contribution in [0.5, 0.6) is 5.75 Å². The number of ketones is 1. The molecule has 0 unspecified atom stereocenters. The molecule has 2 heterocycles. The Kier molecular flexibility index (Phi) is 3.14. The summed E-state index contributed by atoms with van der Waals surface area (Å²) in [5.74, 6) is 0.193. The van der Waals surface area contributed by atoms with Crippen LogP contribution < -0.4 is 0 Å². The van der Waals surface area contributed by atoms with Gasteiger partial charge in [0.15, 0.2) is 11.4 Å². The highest BCUT2D eigenvalue weighted by molar-refractivity contribution is 5.97. The zero-order chi connectivity index (χ0) is 15.0. The van der Waals surface area contributed by atoms with Crippen LogP contribution in [0.3, 0.4) is 0 Å². The van der Waals surface area contributed by atoms with E-state index in [1.54, 1.807) is 18.3 Å². The number of aromatic nitrogens is 2. The van der Waals surface area contributed by atoms with E-state index >= 15 is 0 Å². The molecule has 3 rings (SSSR count). The largest absolute Gasteiger partial charge is 0.508 e. The lowest BCUT2D eigenvalue weighted by Gasteiger charge is -2.08. The number of aromatic hydroxyl groups is 1. The van der Waals surface area contributed by atoms with Crippen molar-refractivity contribution < 1.29 is 9.90 Å². The zero-order valence-corrected chi connectivity index (χ0v) is 11.8. The van der Waals surface area contributed by atoms with Crippen molar-refractivity contribution in [2.45, 2.75) is 13.8 Å². The lowest BCUT2D eigenvalue weighted by molar-refractivity contribution is 0.101. The van der Waals surface area contributed by atoms with Gasteiger partial charge in [-0.3, -0.25) is 4.79 Å². The highest BCUT2D eigenvalue weighted by atomic mass is 16.3. The number of rotatable bonds is 2. The van der Waals surface area contributed by atoms with E-state index in [0.29, 0.717) is 11.3 Å². The van der Waals surface area contributed by atoms with Crippen LogP contribution in [0.1, 0.15) is 23.0 Å². The first kappa shape index (κ1) is 13.2. The Balaban J connectivity index is 2.23. The predicted molar refractivity (Wildman–Crippen MR) is 81.4 cm³/mol. The second-order valence-corrected chi connectivity index (χ2v) is 4.98. The van der Waals surface area contributed by atoms with Crippen LogP contribution in [-0.2, 0) is 0 Å². The molecule has 0 bridgehead atoms. The highest BCUT2D eigenvalue weighted by Crippen LogP contribution is 2.30. The summed E-state index contributed by atoms with van der Waals surface area (Å²) in [5.41, 5.74) is 3.73. The number of pyridine rings is 2. The molecule has 4 nitrogen and oxygen atoms in total. The number of phenols is 1. The quantitative estimate of drug-likeness (QED) is 0.728. The number of hydrogen-bond donors (Lipinski definition) is 1. The van der Waals surface area contributed by atoms with Crippen LogP contribution in [0.25, 0.3) is 22.2 Å². The lowest BCUT2D eigenvalue weighted by atomic mass is 10.0. The number of nitrogens with zero attached hydrogens (tertiary/aromatic N) is 2. The van der Waals surface area contributed by atoms with Crippen molar-refractivity contribution in [3.8, 4) is 16.9 Å². The van der Waals surface area contributed by atoms with Gasteiger partial charge in [0, 0.05) is 18.5 Å². The maximum absolute atomic E-state index is 11.4. The summed E-state index contributed by atoms with van der Waals surface area (Å²) in [6.45, 7) is 3.34. The fraction of sp³-hybridized carbons (Fsp3) is 0.118. The van der Waals surface area contributed by atoms with Gasteiger partial charge in [-0.2, -0.15) is 0 Å². The first-order chi connectivity index (χ1) is 10.1. The smallest absolute Gasteiger partial charge is 0.178 e. The number of fused-ring (bicyclic) bond motifs is 1. The van der Waals surface area contributed by atoms with E-state index in [1.807, 2.05) is 31.2 Å². The third-order valence-electron chi connectivity index (χ3n) is 3.47. The minimum absolute atomic E-state index is 0.0791. The normalized spacial score (nSPS) is 10.8. The van der Waals surface area contributed by atoms with Crippen LogP contribution >= 0.6 is 0 Å². The average Bonchev–Trinajstić information content (AvgIpc) is 2.49. The fourth-order valence-electron chi connectivity index (χ4n) is 2.30. The molecular formula is C17H14N2O2. The topological polar surface area (TPSA) is 63.1 Å². The van der Waals surface area contributed by atoms with E-state index in [2.05, 4.69) is 9.97 Å². The van der Waals surface area contributed by atoms with Crippen LogP contribution in [0, 0.1) is 6.92 Å². The number of carbonyl (C=O) groups excluding carboxylic acids is 1. The van der Waals surface area contributed by atoms with Gasteiger partial charge in [-0.1, -0.05) is 6.07 Å². The molecule has 0 saturated carbocycles. The van der Waals surface area contributed by atoms with Gasteiger partial charge in [-0.25, -0.2) is 9.97 Å². The van der Waals surface area contributed by atoms with Crippen molar-refractivity contribution in [2.24, 2.45) is 0 Å². The number of Topliss-reactive ketones (excluding diaryl/α,β-unsaturated/α-hetero) is 1. The van der Waals surface area contributed by atoms with Crippen molar-refractivity contribution in [1.29, 1.82) is 0 Å². The molecule has 0 aliphatic rings. The fourth-order valence-corrected chi connectivity index (χ4v) is 2.30. The molecule has 1 aromatic carbocycles. The molecule has 0 fully saturated rings. The molecule has 0 aliphatic carbocycles. The van der Waals surface area contributed by atoms with Crippen molar-refractivity contribution in [1.82, 2.24) is 9.97 Å². The summed E-state index contributed by atoms with van der Waals surface area (Å²) in [5, 5.41) is 10.5. The lowest BCUT2D eigenvalue weighted by Crippen LogP contribution is -1.98. The molecule has 0 amide bonds. The minimum atomic E-state index is -0.0791. The summed E-state index contributed by atoms with van der Waals surface area (Å²) in [4.78, 5) is 19.9. The van der Waals surface area contributed by atoms with Crippen LogP contribution in [-0.4, -0.2) is 20.9 Å². The van der Waals surface area contributed by atoms with Crippen LogP contribution in [0.2, 0.25) is 0 Å². The van der Waals surface area contributed by atoms with Gasteiger partial charge in [0.1, 0.15) is 11.4 Å². The van der Waals surface area contributed by atoms with Gasteiger partial charge in [-0.15, -0.1) is 0 Å². The molecule has 0 spiro atoms. The van der Waals surface area contributed by atoms with Crippen LogP contribution in [0.4, 0.5) is 0 Å². The molecule has 0 radical (unpaired) electrons. The number of benzene rings is 1. The molecule has 2 aromatic heterocycles. The van der Waals surface area contributed by atoms with E-state index in [4.69, 9.17) is 0 Å². The first-order valence-corrected chi connectivity index (χ1v) is 6.63. The number of hydrogen-bond acceptors (Lipinski definition) is 4. The van der Waals surface area contributed by atoms with Gasteiger partial charge in [0.25, 0.3) is 0 Å². The Morgan fingerprint density at radius 3 is 2.67 bits per heavy atom. The average molecular weight is 278 g/mol. The molecule has 0 atom stereocenters. The van der Waals surface area contributed by atoms with Gasteiger partial charge in [-0.05, 0) is 53.9 Å². The van der Waals surface area contributed by atoms with Gasteiger partial charge in [0.05, 0.1) is 0 Å². The van der Waals surface area contributed by atoms with Crippen molar-refractivity contribution >= 4 is 16.8 Å². The monoisotopic (exact) mass is 278 g/mol. The Hall–Kier alpha value is -2.75. The predicted octanol–water partition coefficient (Wildman–Crippen LogP) is 3.51. The van der Waals surface area contributed by atoms with Gasteiger partial charge >= 0.3 is 0 Å². The molecule has 0 saturated heterocycles. The van der Waals surface area contributed by atoms with Gasteiger partial charge in [0.2, 0.25) is 0 Å². The first-order valence-electron chi connectivity index (χ1n) is 6.63. The summed E-state index contributed by atoms with van der Waals surface area (Å²) < 4.78 is 0. The summed E-state index contributed by atoms with van der Waals surface area (Å²) in [6, 6.07) is 10.9. The van der Waals surface area contributed by atoms with E-state index in [-0.39, 0.29) is 11.5 Å². The van der Waals surface area contributed by atoms with E-state index in [0.717, 1.165) is 22.1 Å². The Labute approximate surface area is 122 Å². The van der Waals surface area contributed by atoms with Gasteiger partial charge < -0.3 is 5.11 Å². The molecule has 104 valence electrons. The summed E-state index contributed by atoms with van der Waals surface area (Å²) in [6.07, 6.45) is 1.68. The number of phenolic OH excluding ortho intramolecular Hbond substituents is 1. The number of carbonyl (C=O) groups is 1. The van der Waals surface area contributed by atoms with Crippen molar-refractivity contribution in [3.05, 3.63) is 53.9 Å². The molecule has 3 aromatic rings. The Morgan fingerprint density at radius 2 is 1.95 bits per heavy atom. The van der Waals surface area contributed by atoms with E-state index in [1.165, 1.54) is 6.92 Å². The number of aryl methyl sites for hydroxylation is 1. The van der Waals surface area contributed by atoms with Crippen LogP contribution in [0.15, 0.2) is 42.6 Å². The summed E-state index contributed by atoms with van der Waals surface area (Å²) >= 11 is 0. The maximum Gasteiger partial charge on any atom is 0.178 e. The minimum Gasteiger partial charge on any atom is -0.508 e. The van der Waals surface area contributed by atoms with E-state index < -0.39 is 0 Å². The van der Waals surface area contributed by atoms with E-state index in [9.17, 15) is 9.90 Å². The molecule has 1 N–H and O–H groups in total. The Bertz CT molecular complexity index is 857. The maximum atomic E-state index is 11.4. The second-order valence-electron chi connectivity index (χ2n) is 4.98. The molecule has 21 heavy (non-hydrogen) atoms. The molecule has 0 aliphatic heterocycles. The third kappa shape index (κ3) is 2.36. The van der Waals surface area contributed by atoms with Crippen molar-refractivity contribution in [2.75, 3.05) is 0 Å². The zero-order valence-electron chi connectivity index (χ0n) is 11.8. The second kappa shape index (κ2) is 4.98. The third-order valence-corrected chi connectivity index (χ3v) is 3.47.